The fraction of sp³-hybridized carbons (Fsp3) is 1.00. The van der Waals surface area contributed by atoms with Crippen molar-refractivity contribution in [3.05, 3.63) is 0 Å². The standard InChI is InChI=1S/C15H31N3/c1-17-10-5-6-14(13-17)12-16-9-11-18(2)15-7-3-4-8-15/h14-16H,3-13H2,1-2H3. The summed E-state index contributed by atoms with van der Waals surface area (Å²) in [6.07, 6.45) is 8.52. The summed E-state index contributed by atoms with van der Waals surface area (Å²) in [6, 6.07) is 0.868. The lowest BCUT2D eigenvalue weighted by Gasteiger charge is -2.30. The van der Waals surface area contributed by atoms with Crippen molar-refractivity contribution in [3.8, 4) is 0 Å². The molecule has 1 atom stereocenters. The van der Waals surface area contributed by atoms with Crippen LogP contribution in [0.4, 0.5) is 0 Å². The normalized spacial score (nSPS) is 27.2. The van der Waals surface area contributed by atoms with Gasteiger partial charge in [0.1, 0.15) is 0 Å². The highest BCUT2D eigenvalue weighted by atomic mass is 15.1. The van der Waals surface area contributed by atoms with Gasteiger partial charge in [0, 0.05) is 25.7 Å². The van der Waals surface area contributed by atoms with Gasteiger partial charge in [-0.25, -0.2) is 0 Å². The van der Waals surface area contributed by atoms with E-state index in [1.54, 1.807) is 0 Å². The summed E-state index contributed by atoms with van der Waals surface area (Å²) in [5.74, 6) is 0.875. The molecule has 0 amide bonds. The fourth-order valence-corrected chi connectivity index (χ4v) is 3.53. The Bertz CT molecular complexity index is 222. The molecule has 0 spiro atoms. The van der Waals surface area contributed by atoms with Crippen LogP contribution in [0.15, 0.2) is 0 Å². The van der Waals surface area contributed by atoms with Crippen LogP contribution in [0.25, 0.3) is 0 Å². The smallest absolute Gasteiger partial charge is 0.0107 e. The molecule has 106 valence electrons. The molecule has 1 saturated carbocycles. The Balaban J connectivity index is 1.52. The molecule has 3 nitrogen and oxygen atoms in total. The quantitative estimate of drug-likeness (QED) is 0.728. The van der Waals surface area contributed by atoms with Crippen LogP contribution in [0.2, 0.25) is 0 Å². The van der Waals surface area contributed by atoms with E-state index < -0.39 is 0 Å². The number of hydrogen-bond acceptors (Lipinski definition) is 3. The van der Waals surface area contributed by atoms with Crippen LogP contribution >= 0.6 is 0 Å². The number of nitrogens with one attached hydrogen (secondary N) is 1. The maximum atomic E-state index is 3.66. The molecule has 1 N–H and O–H groups in total. The van der Waals surface area contributed by atoms with E-state index in [1.807, 2.05) is 0 Å². The summed E-state index contributed by atoms with van der Waals surface area (Å²) in [6.45, 7) is 6.16. The summed E-state index contributed by atoms with van der Waals surface area (Å²) in [5.41, 5.74) is 0. The van der Waals surface area contributed by atoms with Crippen molar-refractivity contribution in [2.45, 2.75) is 44.6 Å². The van der Waals surface area contributed by atoms with Gasteiger partial charge < -0.3 is 15.1 Å². The molecule has 2 aliphatic rings. The highest BCUT2D eigenvalue weighted by molar-refractivity contribution is 4.76. The van der Waals surface area contributed by atoms with Crippen LogP contribution in [-0.4, -0.2) is 62.7 Å². The van der Waals surface area contributed by atoms with E-state index in [4.69, 9.17) is 0 Å². The van der Waals surface area contributed by atoms with Gasteiger partial charge in [0.05, 0.1) is 0 Å². The van der Waals surface area contributed by atoms with Crippen LogP contribution in [-0.2, 0) is 0 Å². The lowest BCUT2D eigenvalue weighted by Crippen LogP contribution is -2.40. The van der Waals surface area contributed by atoms with E-state index in [0.717, 1.165) is 18.5 Å². The molecule has 3 heteroatoms. The number of likely N-dealkylation sites (tertiary alicyclic amines) is 1. The molecule has 2 rings (SSSR count). The van der Waals surface area contributed by atoms with Crippen LogP contribution in [0.3, 0.4) is 0 Å². The molecule has 0 aromatic carbocycles. The maximum absolute atomic E-state index is 3.66. The Kier molecular flexibility index (Phi) is 5.93. The van der Waals surface area contributed by atoms with Gasteiger partial charge in [0.15, 0.2) is 0 Å². The van der Waals surface area contributed by atoms with E-state index in [2.05, 4.69) is 29.2 Å². The van der Waals surface area contributed by atoms with Gasteiger partial charge in [-0.05, 0) is 58.8 Å². The van der Waals surface area contributed by atoms with Gasteiger partial charge in [-0.3, -0.25) is 0 Å². The third-order valence-electron chi connectivity index (χ3n) is 4.74. The lowest BCUT2D eigenvalue weighted by molar-refractivity contribution is 0.201. The number of nitrogens with zero attached hydrogens (tertiary/aromatic N) is 2. The molecule has 0 aromatic heterocycles. The highest BCUT2D eigenvalue weighted by Gasteiger charge is 2.19. The molecule has 18 heavy (non-hydrogen) atoms. The Labute approximate surface area is 113 Å². The molecular weight excluding hydrogens is 222 g/mol. The Morgan fingerprint density at radius 1 is 1.17 bits per heavy atom. The molecule has 1 aliphatic heterocycles. The SMILES string of the molecule is CN1CCCC(CNCCN(C)C2CCCC2)C1. The third kappa shape index (κ3) is 4.52. The van der Waals surface area contributed by atoms with Gasteiger partial charge in [0.2, 0.25) is 0 Å². The number of hydrogen-bond donors (Lipinski definition) is 1. The first-order valence-electron chi connectivity index (χ1n) is 7.85. The topological polar surface area (TPSA) is 18.5 Å². The Morgan fingerprint density at radius 2 is 1.94 bits per heavy atom. The second-order valence-electron chi connectivity index (χ2n) is 6.39. The van der Waals surface area contributed by atoms with Crippen LogP contribution in [0.5, 0.6) is 0 Å². The first kappa shape index (κ1) is 14.3. The van der Waals surface area contributed by atoms with E-state index in [1.165, 1.54) is 64.7 Å². The maximum Gasteiger partial charge on any atom is 0.0107 e. The van der Waals surface area contributed by atoms with Gasteiger partial charge in [-0.15, -0.1) is 0 Å². The van der Waals surface area contributed by atoms with Gasteiger partial charge >= 0.3 is 0 Å². The first-order chi connectivity index (χ1) is 8.75. The molecular formula is C15H31N3. The van der Waals surface area contributed by atoms with Gasteiger partial charge in [0.25, 0.3) is 0 Å². The molecule has 0 bridgehead atoms. The van der Waals surface area contributed by atoms with Crippen molar-refractivity contribution in [3.63, 3.8) is 0 Å². The van der Waals surface area contributed by atoms with Crippen molar-refractivity contribution in [2.24, 2.45) is 5.92 Å². The molecule has 0 radical (unpaired) electrons. The second-order valence-corrected chi connectivity index (χ2v) is 6.39. The van der Waals surface area contributed by atoms with Crippen molar-refractivity contribution in [1.29, 1.82) is 0 Å². The summed E-state index contributed by atoms with van der Waals surface area (Å²) in [4.78, 5) is 5.04. The molecule has 1 saturated heterocycles. The molecule has 0 aromatic rings. The summed E-state index contributed by atoms with van der Waals surface area (Å²) in [7, 11) is 4.55. The van der Waals surface area contributed by atoms with E-state index in [9.17, 15) is 0 Å². The molecule has 1 aliphatic carbocycles. The van der Waals surface area contributed by atoms with E-state index >= 15 is 0 Å². The predicted octanol–water partition coefficient (Wildman–Crippen LogP) is 1.79. The van der Waals surface area contributed by atoms with E-state index in [-0.39, 0.29) is 0 Å². The van der Waals surface area contributed by atoms with Gasteiger partial charge in [-0.2, -0.15) is 0 Å². The number of piperidine rings is 1. The summed E-state index contributed by atoms with van der Waals surface area (Å²) >= 11 is 0. The Morgan fingerprint density at radius 3 is 2.67 bits per heavy atom. The molecule has 1 unspecified atom stereocenters. The fourth-order valence-electron chi connectivity index (χ4n) is 3.53. The zero-order valence-corrected chi connectivity index (χ0v) is 12.3. The summed E-state index contributed by atoms with van der Waals surface area (Å²) < 4.78 is 0. The van der Waals surface area contributed by atoms with Crippen molar-refractivity contribution in [1.82, 2.24) is 15.1 Å². The minimum Gasteiger partial charge on any atom is -0.315 e. The predicted molar refractivity (Wildman–Crippen MR) is 78.0 cm³/mol. The largest absolute Gasteiger partial charge is 0.315 e. The minimum atomic E-state index is 0.868. The first-order valence-corrected chi connectivity index (χ1v) is 7.85. The van der Waals surface area contributed by atoms with Crippen LogP contribution in [0, 0.1) is 5.92 Å². The average Bonchev–Trinajstić information content (AvgIpc) is 2.88. The van der Waals surface area contributed by atoms with E-state index in [0.29, 0.717) is 0 Å². The van der Waals surface area contributed by atoms with Crippen molar-refractivity contribution >= 4 is 0 Å². The van der Waals surface area contributed by atoms with Crippen LogP contribution < -0.4 is 5.32 Å². The highest BCUT2D eigenvalue weighted by Crippen LogP contribution is 2.21. The third-order valence-corrected chi connectivity index (χ3v) is 4.74. The molecule has 1 heterocycles. The zero-order chi connectivity index (χ0) is 12.8. The second kappa shape index (κ2) is 7.46. The zero-order valence-electron chi connectivity index (χ0n) is 12.3. The lowest BCUT2D eigenvalue weighted by atomic mass is 9.98. The number of likely N-dealkylation sites (N-methyl/N-ethyl adjacent to an activating group) is 1. The average molecular weight is 253 g/mol. The van der Waals surface area contributed by atoms with Crippen molar-refractivity contribution < 1.29 is 0 Å². The minimum absolute atomic E-state index is 0.868. The molecule has 2 fully saturated rings. The Hall–Kier alpha value is -0.120. The number of rotatable bonds is 6. The van der Waals surface area contributed by atoms with Gasteiger partial charge in [-0.1, -0.05) is 12.8 Å². The van der Waals surface area contributed by atoms with Crippen LogP contribution in [0.1, 0.15) is 38.5 Å². The summed E-state index contributed by atoms with van der Waals surface area (Å²) in [5, 5.41) is 3.66. The monoisotopic (exact) mass is 253 g/mol. The van der Waals surface area contributed by atoms with Crippen molar-refractivity contribution in [2.75, 3.05) is 46.8 Å².